The number of hydrogen-bond donors (Lipinski definition) is 2. The zero-order chi connectivity index (χ0) is 11.4. The van der Waals surface area contributed by atoms with Gasteiger partial charge in [-0.3, -0.25) is 0 Å². The number of nitrogens with zero attached hydrogens (tertiary/aromatic N) is 1. The average Bonchev–Trinajstić information content (AvgIpc) is 2.16. The van der Waals surface area contributed by atoms with E-state index >= 15 is 0 Å². The molecule has 0 aliphatic heterocycles. The van der Waals surface area contributed by atoms with Crippen LogP contribution in [-0.4, -0.2) is 11.7 Å². The van der Waals surface area contributed by atoms with Gasteiger partial charge in [-0.15, -0.1) is 0 Å². The topological polar surface area (TPSA) is 67.5 Å². The van der Waals surface area contributed by atoms with Crippen LogP contribution in [0.25, 0.3) is 0 Å². The van der Waals surface area contributed by atoms with Crippen molar-refractivity contribution in [2.45, 2.75) is 26.7 Å². The molecule has 2 amide bonds. The van der Waals surface area contributed by atoms with Crippen LogP contribution >= 0.6 is 0 Å². The van der Waals surface area contributed by atoms with Crippen LogP contribution < -0.4 is 11.2 Å². The van der Waals surface area contributed by atoms with E-state index in [0.29, 0.717) is 5.92 Å². The number of carbonyl (C=O) groups excluding carboxylic acids is 1. The highest BCUT2D eigenvalue weighted by molar-refractivity contribution is 6.01. The lowest BCUT2D eigenvalue weighted by Crippen LogP contribution is -2.27. The van der Waals surface area contributed by atoms with Gasteiger partial charge in [-0.1, -0.05) is 18.2 Å². The van der Waals surface area contributed by atoms with E-state index in [1.165, 1.54) is 0 Å². The fraction of sp³-hybridized carbons (Fsp3) is 0.455. The molecule has 1 rings (SSSR count). The third-order valence-electron chi connectivity index (χ3n) is 2.60. The lowest BCUT2D eigenvalue weighted by Gasteiger charge is -2.22. The molecule has 0 aromatic carbocycles. The molecule has 0 unspecified atom stereocenters. The number of amides is 2. The number of rotatable bonds is 2. The van der Waals surface area contributed by atoms with Crippen LogP contribution in [0.3, 0.4) is 0 Å². The maximum absolute atomic E-state index is 10.5. The third-order valence-corrected chi connectivity index (χ3v) is 2.60. The molecule has 0 saturated heterocycles. The van der Waals surface area contributed by atoms with Gasteiger partial charge in [0.15, 0.2) is 0 Å². The van der Waals surface area contributed by atoms with Crippen molar-refractivity contribution in [1.29, 1.82) is 0 Å². The van der Waals surface area contributed by atoms with E-state index in [2.05, 4.69) is 23.2 Å². The van der Waals surface area contributed by atoms with Gasteiger partial charge in [-0.2, -0.15) is 5.10 Å². The summed E-state index contributed by atoms with van der Waals surface area (Å²) in [6, 6.07) is -0.632. The largest absolute Gasteiger partial charge is 0.350 e. The second-order valence-corrected chi connectivity index (χ2v) is 3.90. The first-order chi connectivity index (χ1) is 7.00. The second-order valence-electron chi connectivity index (χ2n) is 3.90. The first-order valence-electron chi connectivity index (χ1n) is 4.95. The van der Waals surface area contributed by atoms with Crippen LogP contribution in [0.5, 0.6) is 0 Å². The Balaban J connectivity index is 2.75. The Kier molecular flexibility index (Phi) is 3.66. The van der Waals surface area contributed by atoms with E-state index in [9.17, 15) is 4.79 Å². The molecule has 0 radical (unpaired) electrons. The van der Waals surface area contributed by atoms with Crippen molar-refractivity contribution in [2.75, 3.05) is 0 Å². The van der Waals surface area contributed by atoms with Crippen LogP contribution in [-0.2, 0) is 0 Å². The van der Waals surface area contributed by atoms with Gasteiger partial charge in [-0.25, -0.2) is 10.2 Å². The number of urea groups is 1. The molecule has 4 nitrogen and oxygen atoms in total. The summed E-state index contributed by atoms with van der Waals surface area (Å²) >= 11 is 0. The van der Waals surface area contributed by atoms with Crippen molar-refractivity contribution in [1.82, 2.24) is 5.43 Å². The van der Waals surface area contributed by atoms with Crippen LogP contribution in [0.4, 0.5) is 4.79 Å². The van der Waals surface area contributed by atoms with Gasteiger partial charge in [0.2, 0.25) is 0 Å². The van der Waals surface area contributed by atoms with Crippen molar-refractivity contribution in [3.8, 4) is 0 Å². The normalized spacial score (nSPS) is 23.5. The van der Waals surface area contributed by atoms with Crippen molar-refractivity contribution in [2.24, 2.45) is 16.8 Å². The summed E-state index contributed by atoms with van der Waals surface area (Å²) in [6.45, 7) is 7.93. The minimum atomic E-state index is -0.632. The highest BCUT2D eigenvalue weighted by atomic mass is 16.2. The fourth-order valence-corrected chi connectivity index (χ4v) is 1.55. The Hall–Kier alpha value is -1.58. The highest BCUT2D eigenvalue weighted by Gasteiger charge is 2.18. The molecule has 0 spiro atoms. The molecule has 0 fully saturated rings. The Morgan fingerprint density at radius 1 is 1.73 bits per heavy atom. The molecule has 1 atom stereocenters. The van der Waals surface area contributed by atoms with Gasteiger partial charge in [-0.05, 0) is 38.2 Å². The molecule has 1 aliphatic carbocycles. The standard InChI is InChI=1S/C11H17N3O/c1-7(2)9-5-4-8(3)10(6-9)13-14-11(12)15/h4,9H,1,5-6H2,2-3H3,(H3,12,14,15)/b13-10-/t9-/m0/s1. The SMILES string of the molecule is C=C(C)[C@H]1CC=C(C)/C(=N\NC(N)=O)C1. The summed E-state index contributed by atoms with van der Waals surface area (Å²) in [5.74, 6) is 0.419. The van der Waals surface area contributed by atoms with E-state index in [0.717, 1.165) is 29.7 Å². The molecule has 0 aromatic rings. The molecule has 1 aliphatic rings. The molecule has 0 aromatic heterocycles. The molecule has 3 N–H and O–H groups in total. The Bertz CT molecular complexity index is 342. The zero-order valence-corrected chi connectivity index (χ0v) is 9.21. The van der Waals surface area contributed by atoms with Gasteiger partial charge in [0.25, 0.3) is 0 Å². The van der Waals surface area contributed by atoms with Crippen LogP contribution in [0, 0.1) is 5.92 Å². The monoisotopic (exact) mass is 207 g/mol. The minimum Gasteiger partial charge on any atom is -0.350 e. The number of allylic oxidation sites excluding steroid dienone is 3. The molecular formula is C11H17N3O. The van der Waals surface area contributed by atoms with Crippen LogP contribution in [0.15, 0.2) is 28.9 Å². The Morgan fingerprint density at radius 3 is 2.93 bits per heavy atom. The number of hydrogen-bond acceptors (Lipinski definition) is 2. The smallest absolute Gasteiger partial charge is 0.332 e. The summed E-state index contributed by atoms with van der Waals surface area (Å²) in [5, 5.41) is 3.98. The lowest BCUT2D eigenvalue weighted by molar-refractivity contribution is 0.249. The van der Waals surface area contributed by atoms with Crippen LogP contribution in [0.1, 0.15) is 26.7 Å². The minimum absolute atomic E-state index is 0.419. The summed E-state index contributed by atoms with van der Waals surface area (Å²) in [4.78, 5) is 10.5. The second kappa shape index (κ2) is 4.77. The molecule has 15 heavy (non-hydrogen) atoms. The summed E-state index contributed by atoms with van der Waals surface area (Å²) < 4.78 is 0. The van der Waals surface area contributed by atoms with E-state index in [1.807, 2.05) is 13.8 Å². The first kappa shape index (κ1) is 11.5. The van der Waals surface area contributed by atoms with Gasteiger partial charge >= 0.3 is 6.03 Å². The zero-order valence-electron chi connectivity index (χ0n) is 9.21. The number of carbonyl (C=O) groups is 1. The van der Waals surface area contributed by atoms with E-state index < -0.39 is 6.03 Å². The van der Waals surface area contributed by atoms with Crippen molar-refractivity contribution >= 4 is 11.7 Å². The van der Waals surface area contributed by atoms with Crippen molar-refractivity contribution in [3.05, 3.63) is 23.8 Å². The molecule has 0 heterocycles. The molecule has 82 valence electrons. The predicted octanol–water partition coefficient (Wildman–Crippen LogP) is 1.94. The molecular weight excluding hydrogens is 190 g/mol. The quantitative estimate of drug-likeness (QED) is 0.527. The average molecular weight is 207 g/mol. The van der Waals surface area contributed by atoms with Crippen molar-refractivity contribution in [3.63, 3.8) is 0 Å². The van der Waals surface area contributed by atoms with Gasteiger partial charge in [0.1, 0.15) is 0 Å². The van der Waals surface area contributed by atoms with Gasteiger partial charge < -0.3 is 5.73 Å². The number of nitrogens with two attached hydrogens (primary N) is 1. The van der Waals surface area contributed by atoms with Crippen molar-refractivity contribution < 1.29 is 4.79 Å². The van der Waals surface area contributed by atoms with Gasteiger partial charge in [0, 0.05) is 0 Å². The molecule has 0 saturated carbocycles. The highest BCUT2D eigenvalue weighted by Crippen LogP contribution is 2.26. The predicted molar refractivity (Wildman–Crippen MR) is 61.4 cm³/mol. The van der Waals surface area contributed by atoms with E-state index in [1.54, 1.807) is 0 Å². The van der Waals surface area contributed by atoms with Crippen LogP contribution in [0.2, 0.25) is 0 Å². The third kappa shape index (κ3) is 3.23. The summed E-state index contributed by atoms with van der Waals surface area (Å²) in [6.07, 6.45) is 3.93. The number of primary amides is 1. The Morgan fingerprint density at radius 2 is 2.40 bits per heavy atom. The van der Waals surface area contributed by atoms with E-state index in [-0.39, 0.29) is 0 Å². The maximum atomic E-state index is 10.5. The number of hydrazone groups is 1. The summed E-state index contributed by atoms with van der Waals surface area (Å²) in [7, 11) is 0. The summed E-state index contributed by atoms with van der Waals surface area (Å²) in [5.41, 5.74) is 10.3. The lowest BCUT2D eigenvalue weighted by atomic mass is 9.85. The molecule has 0 bridgehead atoms. The maximum Gasteiger partial charge on any atom is 0.332 e. The van der Waals surface area contributed by atoms with Gasteiger partial charge in [0.05, 0.1) is 5.71 Å². The number of nitrogens with one attached hydrogen (secondary N) is 1. The first-order valence-corrected chi connectivity index (χ1v) is 4.95. The fourth-order valence-electron chi connectivity index (χ4n) is 1.55. The van der Waals surface area contributed by atoms with E-state index in [4.69, 9.17) is 5.73 Å². The Labute approximate surface area is 89.9 Å². The molecule has 4 heteroatoms.